The molecule has 0 bridgehead atoms. The number of benzene rings is 2. The summed E-state index contributed by atoms with van der Waals surface area (Å²) in [5.41, 5.74) is 0.984. The number of halogens is 3. The van der Waals surface area contributed by atoms with Crippen LogP contribution in [0.15, 0.2) is 42.5 Å². The summed E-state index contributed by atoms with van der Waals surface area (Å²) in [6.45, 7) is 3.60. The number of carboxylic acid groups (broad SMARTS) is 1. The fraction of sp³-hybridized carbons (Fsp3) is 0.316. The van der Waals surface area contributed by atoms with Crippen LogP contribution in [0, 0.1) is 5.92 Å². The molecule has 0 aliphatic rings. The third-order valence-electron chi connectivity index (χ3n) is 4.00. The first kappa shape index (κ1) is 18.8. The van der Waals surface area contributed by atoms with Gasteiger partial charge in [0.15, 0.2) is 0 Å². The lowest BCUT2D eigenvalue weighted by atomic mass is 9.86. The minimum Gasteiger partial charge on any atom is -0.497 e. The van der Waals surface area contributed by atoms with Crippen molar-refractivity contribution in [1.29, 1.82) is 0 Å². The van der Waals surface area contributed by atoms with Crippen molar-refractivity contribution < 1.29 is 27.8 Å². The predicted octanol–water partition coefficient (Wildman–Crippen LogP) is 5.21. The van der Waals surface area contributed by atoms with E-state index in [9.17, 15) is 23.1 Å². The van der Waals surface area contributed by atoms with Crippen LogP contribution in [0.25, 0.3) is 11.1 Å². The number of carboxylic acids is 1. The third-order valence-corrected chi connectivity index (χ3v) is 4.00. The van der Waals surface area contributed by atoms with Crippen molar-refractivity contribution in [2.75, 3.05) is 7.11 Å². The molecule has 1 N–H and O–H groups in total. The first-order valence-corrected chi connectivity index (χ1v) is 7.73. The van der Waals surface area contributed by atoms with Crippen molar-refractivity contribution in [2.24, 2.45) is 5.92 Å². The number of carbonyl (C=O) groups is 1. The Hall–Kier alpha value is -2.50. The second-order valence-electron chi connectivity index (χ2n) is 6.13. The van der Waals surface area contributed by atoms with Crippen LogP contribution < -0.4 is 4.74 Å². The first-order valence-electron chi connectivity index (χ1n) is 7.73. The number of hydrogen-bond donors (Lipinski definition) is 1. The summed E-state index contributed by atoms with van der Waals surface area (Å²) in [6.07, 6.45) is -4.40. The Labute approximate surface area is 144 Å². The highest BCUT2D eigenvalue weighted by Crippen LogP contribution is 2.35. The van der Waals surface area contributed by atoms with Crippen LogP contribution in [-0.2, 0) is 11.0 Å². The fourth-order valence-electron chi connectivity index (χ4n) is 2.75. The average molecular weight is 352 g/mol. The summed E-state index contributed by atoms with van der Waals surface area (Å²) in [5.74, 6) is -1.38. The van der Waals surface area contributed by atoms with E-state index < -0.39 is 23.6 Å². The summed E-state index contributed by atoms with van der Waals surface area (Å²) < 4.78 is 43.3. The van der Waals surface area contributed by atoms with E-state index in [1.54, 1.807) is 32.0 Å². The second-order valence-corrected chi connectivity index (χ2v) is 6.13. The topological polar surface area (TPSA) is 46.5 Å². The number of rotatable bonds is 5. The SMILES string of the molecule is COc1cc(-c2ccc(C(F)(F)F)cc2)cc(C(C(=O)O)C(C)C)c1. The maximum absolute atomic E-state index is 12.7. The highest BCUT2D eigenvalue weighted by Gasteiger charge is 2.30. The number of alkyl halides is 3. The molecule has 0 saturated heterocycles. The van der Waals surface area contributed by atoms with Crippen LogP contribution in [0.5, 0.6) is 5.75 Å². The maximum Gasteiger partial charge on any atom is 0.416 e. The molecule has 0 aliphatic heterocycles. The molecule has 6 heteroatoms. The van der Waals surface area contributed by atoms with E-state index in [0.717, 1.165) is 12.1 Å². The lowest BCUT2D eigenvalue weighted by molar-refractivity contribution is -0.140. The molecule has 0 aromatic heterocycles. The highest BCUT2D eigenvalue weighted by atomic mass is 19.4. The zero-order chi connectivity index (χ0) is 18.8. The highest BCUT2D eigenvalue weighted by molar-refractivity contribution is 5.78. The molecule has 0 fully saturated rings. The molecule has 1 unspecified atom stereocenters. The van der Waals surface area contributed by atoms with Crippen LogP contribution in [0.1, 0.15) is 30.9 Å². The van der Waals surface area contributed by atoms with Crippen molar-refractivity contribution in [2.45, 2.75) is 25.9 Å². The summed E-state index contributed by atoms with van der Waals surface area (Å²) in [5, 5.41) is 9.48. The zero-order valence-corrected chi connectivity index (χ0v) is 14.1. The molecule has 2 rings (SSSR count). The Balaban J connectivity index is 2.51. The largest absolute Gasteiger partial charge is 0.497 e. The third kappa shape index (κ3) is 4.32. The summed E-state index contributed by atoms with van der Waals surface area (Å²) >= 11 is 0. The van der Waals surface area contributed by atoms with Gasteiger partial charge in [-0.3, -0.25) is 4.79 Å². The monoisotopic (exact) mass is 352 g/mol. The number of hydrogen-bond acceptors (Lipinski definition) is 2. The standard InChI is InChI=1S/C19H19F3O3/c1-11(2)17(18(23)24)14-8-13(9-16(10-14)25-3)12-4-6-15(7-5-12)19(20,21)22/h4-11,17H,1-3H3,(H,23,24). The molecular weight excluding hydrogens is 333 g/mol. The van der Waals surface area contributed by atoms with E-state index in [4.69, 9.17) is 4.74 Å². The minimum atomic E-state index is -4.40. The molecule has 0 amide bonds. The van der Waals surface area contributed by atoms with Gasteiger partial charge in [-0.1, -0.05) is 32.0 Å². The van der Waals surface area contributed by atoms with E-state index in [1.807, 2.05) is 0 Å². The van der Waals surface area contributed by atoms with Gasteiger partial charge in [-0.25, -0.2) is 0 Å². The lowest BCUT2D eigenvalue weighted by Crippen LogP contribution is -2.17. The van der Waals surface area contributed by atoms with E-state index in [1.165, 1.54) is 19.2 Å². The van der Waals surface area contributed by atoms with Gasteiger partial charge in [0.05, 0.1) is 18.6 Å². The molecule has 0 heterocycles. The van der Waals surface area contributed by atoms with E-state index in [2.05, 4.69) is 0 Å². The Kier molecular flexibility index (Phi) is 5.40. The van der Waals surface area contributed by atoms with Gasteiger partial charge in [-0.2, -0.15) is 13.2 Å². The molecule has 134 valence electrons. The Morgan fingerprint density at radius 2 is 1.64 bits per heavy atom. The van der Waals surface area contributed by atoms with Gasteiger partial charge in [0.2, 0.25) is 0 Å². The summed E-state index contributed by atoms with van der Waals surface area (Å²) in [4.78, 5) is 11.6. The number of ether oxygens (including phenoxy) is 1. The Morgan fingerprint density at radius 3 is 2.08 bits per heavy atom. The van der Waals surface area contributed by atoms with E-state index >= 15 is 0 Å². The first-order chi connectivity index (χ1) is 11.6. The Bertz CT molecular complexity index is 749. The molecule has 0 radical (unpaired) electrons. The van der Waals surface area contributed by atoms with Gasteiger partial charge in [0.1, 0.15) is 5.75 Å². The average Bonchev–Trinajstić information content (AvgIpc) is 2.53. The molecule has 0 spiro atoms. The predicted molar refractivity (Wildman–Crippen MR) is 88.6 cm³/mol. The van der Waals surface area contributed by atoms with Gasteiger partial charge < -0.3 is 9.84 Å². The van der Waals surface area contributed by atoms with Crippen molar-refractivity contribution in [1.82, 2.24) is 0 Å². The number of aliphatic carboxylic acids is 1. The molecule has 0 saturated carbocycles. The van der Waals surface area contributed by atoms with Gasteiger partial charge >= 0.3 is 12.1 Å². The zero-order valence-electron chi connectivity index (χ0n) is 14.1. The van der Waals surface area contributed by atoms with Crippen LogP contribution in [0.3, 0.4) is 0 Å². The summed E-state index contributed by atoms with van der Waals surface area (Å²) in [7, 11) is 1.46. The van der Waals surface area contributed by atoms with Crippen molar-refractivity contribution in [3.8, 4) is 16.9 Å². The number of methoxy groups -OCH3 is 1. The van der Waals surface area contributed by atoms with Crippen molar-refractivity contribution >= 4 is 5.97 Å². The smallest absolute Gasteiger partial charge is 0.416 e. The molecule has 1 atom stereocenters. The van der Waals surface area contributed by atoms with Crippen LogP contribution in [-0.4, -0.2) is 18.2 Å². The quantitative estimate of drug-likeness (QED) is 0.804. The van der Waals surface area contributed by atoms with Crippen LogP contribution >= 0.6 is 0 Å². The fourth-order valence-corrected chi connectivity index (χ4v) is 2.75. The molecule has 3 nitrogen and oxygen atoms in total. The Morgan fingerprint density at radius 1 is 1.04 bits per heavy atom. The molecule has 2 aromatic rings. The minimum absolute atomic E-state index is 0.148. The van der Waals surface area contributed by atoms with Crippen LogP contribution in [0.2, 0.25) is 0 Å². The van der Waals surface area contributed by atoms with Gasteiger partial charge in [-0.15, -0.1) is 0 Å². The summed E-state index contributed by atoms with van der Waals surface area (Å²) in [6, 6.07) is 9.75. The molecule has 0 aliphatic carbocycles. The van der Waals surface area contributed by atoms with Gasteiger partial charge in [0.25, 0.3) is 0 Å². The lowest BCUT2D eigenvalue weighted by Gasteiger charge is -2.19. The molecule has 25 heavy (non-hydrogen) atoms. The second kappa shape index (κ2) is 7.17. The van der Waals surface area contributed by atoms with Gasteiger partial charge in [-0.05, 0) is 46.9 Å². The van der Waals surface area contributed by atoms with Crippen molar-refractivity contribution in [3.63, 3.8) is 0 Å². The van der Waals surface area contributed by atoms with Crippen molar-refractivity contribution in [3.05, 3.63) is 53.6 Å². The van der Waals surface area contributed by atoms with Crippen LogP contribution in [0.4, 0.5) is 13.2 Å². The van der Waals surface area contributed by atoms with E-state index in [0.29, 0.717) is 22.4 Å². The molecule has 2 aromatic carbocycles. The van der Waals surface area contributed by atoms with E-state index in [-0.39, 0.29) is 5.92 Å². The normalized spacial score (nSPS) is 12.9. The molecular formula is C19H19F3O3. The maximum atomic E-state index is 12.7. The van der Waals surface area contributed by atoms with Gasteiger partial charge in [0, 0.05) is 0 Å².